The first-order chi connectivity index (χ1) is 13.3. The van der Waals surface area contributed by atoms with Gasteiger partial charge in [-0.15, -0.1) is 0 Å². The van der Waals surface area contributed by atoms with E-state index >= 15 is 0 Å². The van der Waals surface area contributed by atoms with Gasteiger partial charge in [0.15, 0.2) is 5.84 Å². The molecule has 9 N–H and O–H groups in total. The van der Waals surface area contributed by atoms with Crippen LogP contribution in [-0.2, 0) is 14.4 Å². The van der Waals surface area contributed by atoms with Gasteiger partial charge in [0.05, 0.1) is 19.2 Å². The predicted octanol–water partition coefficient (Wildman–Crippen LogP) is -2.67. The molecule has 0 bridgehead atoms. The lowest BCUT2D eigenvalue weighted by molar-refractivity contribution is -0.138. The standard InChI is InChI=1S/C15H29N7O6/c1-18-13(10(17)4-2-3-5-16)22-28-7-6-19-15(27)21-11(9-23)14(26)20-8-12(24)25/h10-11,23H,1-9,16-17H2,(H,20,26)(H,24,25)(H2,19,21,27)/b22-13-. The van der Waals surface area contributed by atoms with Crippen LogP contribution in [0.3, 0.4) is 0 Å². The first-order valence-electron chi connectivity index (χ1n) is 8.62. The number of aliphatic hydroxyl groups excluding tert-OH is 1. The molecule has 0 aromatic carbocycles. The second kappa shape index (κ2) is 15.3. The Kier molecular flexibility index (Phi) is 13.8. The number of oxime groups is 1. The maximum absolute atomic E-state index is 11.7. The van der Waals surface area contributed by atoms with Gasteiger partial charge in [-0.2, -0.15) is 0 Å². The molecule has 0 aliphatic rings. The summed E-state index contributed by atoms with van der Waals surface area (Å²) in [5, 5.41) is 28.0. The number of amides is 3. The van der Waals surface area contributed by atoms with E-state index in [9.17, 15) is 14.4 Å². The molecule has 2 atom stereocenters. The van der Waals surface area contributed by atoms with Crippen molar-refractivity contribution in [2.24, 2.45) is 21.6 Å². The van der Waals surface area contributed by atoms with E-state index in [2.05, 4.69) is 27.5 Å². The monoisotopic (exact) mass is 403 g/mol. The summed E-state index contributed by atoms with van der Waals surface area (Å²) in [5.74, 6) is -1.84. The van der Waals surface area contributed by atoms with Crippen molar-refractivity contribution in [1.29, 1.82) is 0 Å². The summed E-state index contributed by atoms with van der Waals surface area (Å²) < 4.78 is 0. The average molecular weight is 403 g/mol. The molecular weight excluding hydrogens is 374 g/mol. The Morgan fingerprint density at radius 3 is 2.50 bits per heavy atom. The van der Waals surface area contributed by atoms with Crippen LogP contribution in [0, 0.1) is 0 Å². The fraction of sp³-hybridized carbons (Fsp3) is 0.667. The quantitative estimate of drug-likeness (QED) is 0.0701. The van der Waals surface area contributed by atoms with Crippen LogP contribution in [0.4, 0.5) is 4.79 Å². The molecule has 3 amide bonds. The van der Waals surface area contributed by atoms with Gasteiger partial charge in [-0.25, -0.2) is 9.79 Å². The summed E-state index contributed by atoms with van der Waals surface area (Å²) in [6.07, 6.45) is 2.28. The van der Waals surface area contributed by atoms with Gasteiger partial charge in [0, 0.05) is 0 Å². The molecule has 0 heterocycles. The van der Waals surface area contributed by atoms with Crippen molar-refractivity contribution in [3.63, 3.8) is 0 Å². The van der Waals surface area contributed by atoms with Crippen molar-refractivity contribution < 1.29 is 29.4 Å². The van der Waals surface area contributed by atoms with Crippen LogP contribution in [0.5, 0.6) is 0 Å². The van der Waals surface area contributed by atoms with Crippen molar-refractivity contribution in [2.75, 3.05) is 32.8 Å². The molecule has 0 radical (unpaired) electrons. The minimum atomic E-state index is -1.29. The van der Waals surface area contributed by atoms with Crippen LogP contribution < -0.4 is 27.4 Å². The zero-order valence-electron chi connectivity index (χ0n) is 15.6. The van der Waals surface area contributed by atoms with E-state index in [1.54, 1.807) is 0 Å². The lowest BCUT2D eigenvalue weighted by atomic mass is 10.1. The number of aliphatic carboxylic acids is 1. The highest BCUT2D eigenvalue weighted by Gasteiger charge is 2.20. The van der Waals surface area contributed by atoms with E-state index < -0.39 is 43.1 Å². The predicted molar refractivity (Wildman–Crippen MR) is 102 cm³/mol. The summed E-state index contributed by atoms with van der Waals surface area (Å²) in [4.78, 5) is 42.4. The maximum Gasteiger partial charge on any atom is 0.322 e. The zero-order chi connectivity index (χ0) is 21.4. The van der Waals surface area contributed by atoms with E-state index in [0.717, 1.165) is 12.8 Å². The Morgan fingerprint density at radius 2 is 1.93 bits per heavy atom. The van der Waals surface area contributed by atoms with Crippen LogP contribution in [0.2, 0.25) is 0 Å². The Labute approximate surface area is 162 Å². The van der Waals surface area contributed by atoms with E-state index in [4.69, 9.17) is 26.5 Å². The number of carboxylic acids is 1. The number of amidine groups is 1. The van der Waals surface area contributed by atoms with Crippen LogP contribution in [0.15, 0.2) is 10.1 Å². The van der Waals surface area contributed by atoms with Crippen LogP contribution in [0.1, 0.15) is 19.3 Å². The molecule has 13 heteroatoms. The number of rotatable bonds is 14. The molecule has 0 spiro atoms. The van der Waals surface area contributed by atoms with E-state index in [1.807, 2.05) is 5.32 Å². The number of aliphatic hydroxyl groups is 1. The van der Waals surface area contributed by atoms with E-state index in [0.29, 0.717) is 13.0 Å². The smallest absolute Gasteiger partial charge is 0.322 e. The number of urea groups is 1. The molecule has 160 valence electrons. The van der Waals surface area contributed by atoms with Gasteiger partial charge in [0.1, 0.15) is 19.2 Å². The zero-order valence-corrected chi connectivity index (χ0v) is 15.6. The third-order valence-corrected chi connectivity index (χ3v) is 3.32. The largest absolute Gasteiger partial charge is 0.480 e. The molecule has 0 aromatic rings. The van der Waals surface area contributed by atoms with Gasteiger partial charge in [-0.3, -0.25) is 9.59 Å². The SMILES string of the molecule is C=N/C(=N\OCCNC(=O)NC(CO)C(=O)NCC(=O)O)C(N)CCCCN. The van der Waals surface area contributed by atoms with Gasteiger partial charge in [0.2, 0.25) is 5.91 Å². The third kappa shape index (κ3) is 11.8. The van der Waals surface area contributed by atoms with Crippen LogP contribution >= 0.6 is 0 Å². The minimum absolute atomic E-state index is 0.00301. The number of nitrogens with zero attached hydrogens (tertiary/aromatic N) is 2. The molecule has 0 saturated heterocycles. The van der Waals surface area contributed by atoms with E-state index in [-0.39, 0.29) is 19.0 Å². The number of aliphatic imine (C=N–C) groups is 1. The third-order valence-electron chi connectivity index (χ3n) is 3.32. The fourth-order valence-corrected chi connectivity index (χ4v) is 1.86. The summed E-state index contributed by atoms with van der Waals surface area (Å²) in [6.45, 7) is 2.66. The number of hydrogen-bond acceptors (Lipinski definition) is 8. The molecule has 2 unspecified atom stereocenters. The highest BCUT2D eigenvalue weighted by atomic mass is 16.6. The molecule has 0 rings (SSSR count). The molecule has 0 fully saturated rings. The molecule has 28 heavy (non-hydrogen) atoms. The van der Waals surface area contributed by atoms with E-state index in [1.165, 1.54) is 0 Å². The number of hydrogen-bond donors (Lipinski definition) is 7. The van der Waals surface area contributed by atoms with Gasteiger partial charge in [-0.1, -0.05) is 11.6 Å². The Balaban J connectivity index is 4.19. The number of carbonyl (C=O) groups is 3. The van der Waals surface area contributed by atoms with Gasteiger partial charge in [0.25, 0.3) is 0 Å². The van der Waals surface area contributed by atoms with Crippen molar-refractivity contribution in [2.45, 2.75) is 31.3 Å². The maximum atomic E-state index is 11.7. The topological polar surface area (TPSA) is 214 Å². The molecule has 0 aliphatic heterocycles. The molecule has 13 nitrogen and oxygen atoms in total. The number of nitrogens with one attached hydrogen (secondary N) is 3. The van der Waals surface area contributed by atoms with Gasteiger partial charge >= 0.3 is 12.0 Å². The molecule has 0 aromatic heterocycles. The van der Waals surface area contributed by atoms with Crippen molar-refractivity contribution in [1.82, 2.24) is 16.0 Å². The molecular formula is C15H29N7O6. The summed E-state index contributed by atoms with van der Waals surface area (Å²) >= 11 is 0. The molecule has 0 saturated carbocycles. The number of carbonyl (C=O) groups excluding carboxylic acids is 2. The first kappa shape index (κ1) is 25.2. The van der Waals surface area contributed by atoms with Crippen molar-refractivity contribution >= 4 is 30.5 Å². The lowest BCUT2D eigenvalue weighted by Gasteiger charge is -2.16. The summed E-state index contributed by atoms with van der Waals surface area (Å²) in [5.41, 5.74) is 11.3. The number of unbranched alkanes of at least 4 members (excludes halogenated alkanes) is 1. The minimum Gasteiger partial charge on any atom is -0.480 e. The summed E-state index contributed by atoms with van der Waals surface area (Å²) in [6, 6.07) is -2.48. The highest BCUT2D eigenvalue weighted by molar-refractivity contribution is 5.90. The summed E-state index contributed by atoms with van der Waals surface area (Å²) in [7, 11) is 0. The van der Waals surface area contributed by atoms with Crippen LogP contribution in [0.25, 0.3) is 0 Å². The highest BCUT2D eigenvalue weighted by Crippen LogP contribution is 2.01. The lowest BCUT2D eigenvalue weighted by Crippen LogP contribution is -2.52. The van der Waals surface area contributed by atoms with Gasteiger partial charge < -0.3 is 42.5 Å². The second-order valence-electron chi connectivity index (χ2n) is 5.58. The van der Waals surface area contributed by atoms with Crippen molar-refractivity contribution in [3.8, 4) is 0 Å². The Hall–Kier alpha value is -2.77. The fourth-order valence-electron chi connectivity index (χ4n) is 1.86. The normalized spacial score (nSPS) is 13.2. The Bertz CT molecular complexity index is 543. The first-order valence-corrected chi connectivity index (χ1v) is 8.62. The number of carboxylic acid groups (broad SMARTS) is 1. The Morgan fingerprint density at radius 1 is 1.21 bits per heavy atom. The van der Waals surface area contributed by atoms with Crippen LogP contribution in [-0.4, -0.2) is 85.6 Å². The average Bonchev–Trinajstić information content (AvgIpc) is 2.66. The molecule has 0 aliphatic carbocycles. The van der Waals surface area contributed by atoms with Crippen molar-refractivity contribution in [3.05, 3.63) is 0 Å². The van der Waals surface area contributed by atoms with Gasteiger partial charge in [-0.05, 0) is 26.1 Å². The second-order valence-corrected chi connectivity index (χ2v) is 5.58. The number of nitrogens with two attached hydrogens (primary N) is 2.